The predicted molar refractivity (Wildman–Crippen MR) is 69.4 cm³/mol. The van der Waals surface area contributed by atoms with E-state index in [2.05, 4.69) is 4.99 Å². The molecule has 0 saturated carbocycles. The van der Waals surface area contributed by atoms with Gasteiger partial charge in [0.1, 0.15) is 5.82 Å². The molecule has 0 bridgehead atoms. The van der Waals surface area contributed by atoms with Gasteiger partial charge in [0.2, 0.25) is 0 Å². The minimum absolute atomic E-state index is 0.186. The molecule has 0 spiro atoms. The summed E-state index contributed by atoms with van der Waals surface area (Å²) in [6.45, 7) is 7.99. The third-order valence-corrected chi connectivity index (χ3v) is 2.73. The van der Waals surface area contributed by atoms with Crippen molar-refractivity contribution >= 4 is 5.96 Å². The highest BCUT2D eigenvalue weighted by Crippen LogP contribution is 2.10. The lowest BCUT2D eigenvalue weighted by molar-refractivity contribution is 0.458. The summed E-state index contributed by atoms with van der Waals surface area (Å²) >= 11 is 0. The van der Waals surface area contributed by atoms with E-state index in [1.165, 1.54) is 6.07 Å². The molecule has 94 valence electrons. The summed E-state index contributed by atoms with van der Waals surface area (Å²) in [7, 11) is 0. The van der Waals surface area contributed by atoms with Crippen LogP contribution in [-0.4, -0.2) is 23.9 Å². The van der Waals surface area contributed by atoms with Crippen molar-refractivity contribution in [1.29, 1.82) is 0 Å². The third kappa shape index (κ3) is 3.73. The highest BCUT2D eigenvalue weighted by molar-refractivity contribution is 5.77. The van der Waals surface area contributed by atoms with Crippen molar-refractivity contribution in [3.05, 3.63) is 35.1 Å². The van der Waals surface area contributed by atoms with Crippen LogP contribution in [-0.2, 0) is 6.54 Å². The summed E-state index contributed by atoms with van der Waals surface area (Å²) in [6, 6.07) is 5.00. The fourth-order valence-corrected chi connectivity index (χ4v) is 1.63. The van der Waals surface area contributed by atoms with E-state index in [9.17, 15) is 4.39 Å². The average molecular weight is 237 g/mol. The van der Waals surface area contributed by atoms with Gasteiger partial charge in [-0.25, -0.2) is 9.38 Å². The summed E-state index contributed by atoms with van der Waals surface area (Å²) in [5, 5.41) is 0. The maximum Gasteiger partial charge on any atom is 0.191 e. The van der Waals surface area contributed by atoms with Gasteiger partial charge in [-0.1, -0.05) is 12.1 Å². The standard InChI is InChI=1S/C13H20FN3/c1-4-17(5-2)13(15)16-9-11-6-7-12(14)10(3)8-11/h6-8H,4-5,9H2,1-3H3,(H2,15,16). The van der Waals surface area contributed by atoms with Gasteiger partial charge in [0.05, 0.1) is 6.54 Å². The van der Waals surface area contributed by atoms with Crippen molar-refractivity contribution in [3.63, 3.8) is 0 Å². The van der Waals surface area contributed by atoms with Gasteiger partial charge < -0.3 is 10.6 Å². The summed E-state index contributed by atoms with van der Waals surface area (Å²) < 4.78 is 13.1. The normalized spacial score (nSPS) is 11.6. The van der Waals surface area contributed by atoms with Gasteiger partial charge in [-0.2, -0.15) is 0 Å². The van der Waals surface area contributed by atoms with Crippen LogP contribution in [0, 0.1) is 12.7 Å². The molecule has 4 heteroatoms. The molecule has 0 aromatic heterocycles. The van der Waals surface area contributed by atoms with Crippen molar-refractivity contribution in [2.45, 2.75) is 27.3 Å². The molecule has 0 unspecified atom stereocenters. The highest BCUT2D eigenvalue weighted by atomic mass is 19.1. The molecule has 1 rings (SSSR count). The third-order valence-electron chi connectivity index (χ3n) is 2.73. The molecule has 0 atom stereocenters. The first kappa shape index (κ1) is 13.5. The van der Waals surface area contributed by atoms with Crippen LogP contribution in [0.25, 0.3) is 0 Å². The lowest BCUT2D eigenvalue weighted by Gasteiger charge is -2.19. The number of guanidine groups is 1. The summed E-state index contributed by atoms with van der Waals surface area (Å²) in [5.41, 5.74) is 7.47. The first-order chi connectivity index (χ1) is 8.08. The molecule has 0 radical (unpaired) electrons. The predicted octanol–water partition coefficient (Wildman–Crippen LogP) is 2.29. The number of aliphatic imine (C=N–C) groups is 1. The molecule has 0 aliphatic rings. The minimum Gasteiger partial charge on any atom is -0.370 e. The number of rotatable bonds is 4. The zero-order valence-corrected chi connectivity index (χ0v) is 10.7. The van der Waals surface area contributed by atoms with E-state index in [1.807, 2.05) is 18.7 Å². The quantitative estimate of drug-likeness (QED) is 0.645. The monoisotopic (exact) mass is 237 g/mol. The first-order valence-electron chi connectivity index (χ1n) is 5.88. The zero-order chi connectivity index (χ0) is 12.8. The highest BCUT2D eigenvalue weighted by Gasteiger charge is 2.02. The second kappa shape index (κ2) is 6.23. The number of hydrogen-bond donors (Lipinski definition) is 1. The van der Waals surface area contributed by atoms with Crippen LogP contribution in [0.3, 0.4) is 0 Å². The maximum absolute atomic E-state index is 13.1. The van der Waals surface area contributed by atoms with E-state index in [0.29, 0.717) is 18.1 Å². The number of halogens is 1. The van der Waals surface area contributed by atoms with Crippen LogP contribution in [0.2, 0.25) is 0 Å². The summed E-state index contributed by atoms with van der Waals surface area (Å²) in [6.07, 6.45) is 0. The van der Waals surface area contributed by atoms with Crippen molar-refractivity contribution in [2.75, 3.05) is 13.1 Å². The van der Waals surface area contributed by atoms with E-state index >= 15 is 0 Å². The van der Waals surface area contributed by atoms with E-state index in [4.69, 9.17) is 5.73 Å². The maximum atomic E-state index is 13.1. The topological polar surface area (TPSA) is 41.6 Å². The molecule has 0 aliphatic heterocycles. The number of nitrogens with two attached hydrogens (primary N) is 1. The second-order valence-electron chi connectivity index (χ2n) is 3.93. The Morgan fingerprint density at radius 3 is 2.53 bits per heavy atom. The number of hydrogen-bond acceptors (Lipinski definition) is 1. The van der Waals surface area contributed by atoms with Gasteiger partial charge >= 0.3 is 0 Å². The number of benzene rings is 1. The molecular weight excluding hydrogens is 217 g/mol. The van der Waals surface area contributed by atoms with Crippen molar-refractivity contribution in [1.82, 2.24) is 4.90 Å². The molecule has 1 aromatic carbocycles. The summed E-state index contributed by atoms with van der Waals surface area (Å²) in [4.78, 5) is 6.29. The van der Waals surface area contributed by atoms with Gasteiger partial charge in [-0.05, 0) is 38.0 Å². The van der Waals surface area contributed by atoms with Gasteiger partial charge in [0.15, 0.2) is 5.96 Å². The Hall–Kier alpha value is -1.58. The van der Waals surface area contributed by atoms with E-state index in [-0.39, 0.29) is 5.82 Å². The Kier molecular flexibility index (Phi) is 4.94. The molecule has 0 heterocycles. The lowest BCUT2D eigenvalue weighted by Crippen LogP contribution is -2.37. The fraction of sp³-hybridized carbons (Fsp3) is 0.462. The Balaban J connectivity index is 2.71. The largest absolute Gasteiger partial charge is 0.370 e. The van der Waals surface area contributed by atoms with Crippen LogP contribution < -0.4 is 5.73 Å². The van der Waals surface area contributed by atoms with Crippen molar-refractivity contribution in [2.24, 2.45) is 10.7 Å². The number of aryl methyl sites for hydroxylation is 1. The molecule has 1 aromatic rings. The van der Waals surface area contributed by atoms with Crippen molar-refractivity contribution in [3.8, 4) is 0 Å². The van der Waals surface area contributed by atoms with Gasteiger partial charge in [-0.3, -0.25) is 0 Å². The van der Waals surface area contributed by atoms with E-state index in [0.717, 1.165) is 18.7 Å². The van der Waals surface area contributed by atoms with Crippen LogP contribution in [0.5, 0.6) is 0 Å². The Bertz CT molecular complexity index is 398. The van der Waals surface area contributed by atoms with Crippen LogP contribution in [0.15, 0.2) is 23.2 Å². The molecule has 3 nitrogen and oxygen atoms in total. The molecule has 17 heavy (non-hydrogen) atoms. The van der Waals surface area contributed by atoms with Crippen LogP contribution >= 0.6 is 0 Å². The Labute approximate surface area is 102 Å². The Morgan fingerprint density at radius 1 is 1.35 bits per heavy atom. The van der Waals surface area contributed by atoms with E-state index < -0.39 is 0 Å². The second-order valence-corrected chi connectivity index (χ2v) is 3.93. The molecular formula is C13H20FN3. The van der Waals surface area contributed by atoms with E-state index in [1.54, 1.807) is 19.1 Å². The first-order valence-corrected chi connectivity index (χ1v) is 5.88. The molecule has 0 aliphatic carbocycles. The summed E-state index contributed by atoms with van der Waals surface area (Å²) in [5.74, 6) is 0.353. The average Bonchev–Trinajstić information content (AvgIpc) is 2.32. The molecule has 0 amide bonds. The molecule has 0 fully saturated rings. The smallest absolute Gasteiger partial charge is 0.191 e. The van der Waals surface area contributed by atoms with Gasteiger partial charge in [-0.15, -0.1) is 0 Å². The van der Waals surface area contributed by atoms with Crippen molar-refractivity contribution < 1.29 is 4.39 Å². The zero-order valence-electron chi connectivity index (χ0n) is 10.7. The fourth-order valence-electron chi connectivity index (χ4n) is 1.63. The number of nitrogens with zero attached hydrogens (tertiary/aromatic N) is 2. The Morgan fingerprint density at radius 2 is 2.00 bits per heavy atom. The van der Waals surface area contributed by atoms with Crippen LogP contribution in [0.4, 0.5) is 4.39 Å². The van der Waals surface area contributed by atoms with Gasteiger partial charge in [0.25, 0.3) is 0 Å². The lowest BCUT2D eigenvalue weighted by atomic mass is 10.1. The minimum atomic E-state index is -0.186. The SMILES string of the molecule is CCN(CC)C(N)=NCc1ccc(F)c(C)c1. The molecule has 2 N–H and O–H groups in total. The van der Waals surface area contributed by atoms with Gasteiger partial charge in [0, 0.05) is 13.1 Å². The van der Waals surface area contributed by atoms with Crippen LogP contribution in [0.1, 0.15) is 25.0 Å². The molecule has 0 saturated heterocycles.